The Balaban J connectivity index is 1.02. The van der Waals surface area contributed by atoms with Gasteiger partial charge in [0.25, 0.3) is 0 Å². The SMILES string of the molecule is CC1(C)c2ccccc2-c2ccc(N(c3ccc(-c4ccc5c(c4)N(c4ccccc4)P(=O)(c4ccccc4)N5c4ccccc4)cc3)c3cccc4c3-c3ccccc3C4(C)C)cc21. The van der Waals surface area contributed by atoms with Crippen molar-refractivity contribution in [2.75, 3.05) is 14.2 Å². The van der Waals surface area contributed by atoms with E-state index in [0.717, 1.165) is 56.2 Å². The van der Waals surface area contributed by atoms with Crippen molar-refractivity contribution in [2.45, 2.75) is 38.5 Å². The summed E-state index contributed by atoms with van der Waals surface area (Å²) < 4.78 is 20.3. The summed E-state index contributed by atoms with van der Waals surface area (Å²) in [6.07, 6.45) is 0. The lowest BCUT2D eigenvalue weighted by Gasteiger charge is -2.33. The molecule has 1 atom stereocenters. The lowest BCUT2D eigenvalue weighted by molar-refractivity contribution is 0.582. The van der Waals surface area contributed by atoms with E-state index in [4.69, 9.17) is 0 Å². The third-order valence-corrected chi connectivity index (χ3v) is 17.1. The number of hydrogen-bond donors (Lipinski definition) is 0. The van der Waals surface area contributed by atoms with Gasteiger partial charge in [-0.3, -0.25) is 13.9 Å². The largest absolute Gasteiger partial charge is 0.310 e. The molecule has 0 N–H and O–H groups in total. The van der Waals surface area contributed by atoms with Crippen LogP contribution in [0.3, 0.4) is 0 Å². The van der Waals surface area contributed by atoms with Crippen molar-refractivity contribution in [2.24, 2.45) is 0 Å². The van der Waals surface area contributed by atoms with E-state index in [1.807, 2.05) is 66.7 Å². The van der Waals surface area contributed by atoms with E-state index >= 15 is 4.57 Å². The summed E-state index contributed by atoms with van der Waals surface area (Å²) >= 11 is 0. The summed E-state index contributed by atoms with van der Waals surface area (Å²) in [6.45, 7) is 9.41. The van der Waals surface area contributed by atoms with Crippen LogP contribution in [-0.4, -0.2) is 0 Å². The Morgan fingerprint density at radius 3 is 1.58 bits per heavy atom. The van der Waals surface area contributed by atoms with Crippen LogP contribution in [0.25, 0.3) is 33.4 Å². The Morgan fingerprint density at radius 1 is 0.400 bits per heavy atom. The first-order chi connectivity index (χ1) is 31.7. The number of anilines is 7. The second kappa shape index (κ2) is 14.6. The van der Waals surface area contributed by atoms with Crippen molar-refractivity contribution in [3.05, 3.63) is 241 Å². The van der Waals surface area contributed by atoms with E-state index in [2.05, 4.69) is 194 Å². The number of benzene rings is 9. The van der Waals surface area contributed by atoms with Crippen LogP contribution in [0.15, 0.2) is 218 Å². The van der Waals surface area contributed by atoms with Crippen molar-refractivity contribution < 1.29 is 4.57 Å². The van der Waals surface area contributed by atoms with Crippen LogP contribution >= 0.6 is 7.44 Å². The smallest absolute Gasteiger partial charge is 0.301 e. The molecule has 4 nitrogen and oxygen atoms in total. The molecule has 0 saturated heterocycles. The second-order valence-corrected chi connectivity index (χ2v) is 20.9. The molecule has 0 radical (unpaired) electrons. The minimum Gasteiger partial charge on any atom is -0.310 e. The highest BCUT2D eigenvalue weighted by atomic mass is 31.2. The molecule has 1 heterocycles. The molecular formula is C60H48N3OP. The molecule has 1 aliphatic heterocycles. The molecule has 1 unspecified atom stereocenters. The molecule has 0 spiro atoms. The van der Waals surface area contributed by atoms with Gasteiger partial charge in [0.15, 0.2) is 0 Å². The van der Waals surface area contributed by atoms with Crippen LogP contribution in [-0.2, 0) is 15.4 Å². The van der Waals surface area contributed by atoms with Crippen LogP contribution in [0.1, 0.15) is 49.9 Å². The van der Waals surface area contributed by atoms with Gasteiger partial charge in [-0.1, -0.05) is 167 Å². The number of para-hydroxylation sites is 2. The molecule has 9 aromatic rings. The average molecular weight is 858 g/mol. The zero-order valence-corrected chi connectivity index (χ0v) is 37.9. The molecular weight excluding hydrogens is 810 g/mol. The highest BCUT2D eigenvalue weighted by molar-refractivity contribution is 7.76. The van der Waals surface area contributed by atoms with Crippen LogP contribution in [0.4, 0.5) is 39.8 Å². The Hall–Kier alpha value is -7.39. The summed E-state index contributed by atoms with van der Waals surface area (Å²) in [5.74, 6) is 0. The quantitative estimate of drug-likeness (QED) is 0.149. The predicted octanol–water partition coefficient (Wildman–Crippen LogP) is 16.2. The van der Waals surface area contributed by atoms with Gasteiger partial charge in [-0.15, -0.1) is 0 Å². The van der Waals surface area contributed by atoms with Gasteiger partial charge in [0, 0.05) is 39.1 Å². The Bertz CT molecular complexity index is 3360. The Morgan fingerprint density at radius 2 is 0.908 bits per heavy atom. The predicted molar refractivity (Wildman–Crippen MR) is 273 cm³/mol. The van der Waals surface area contributed by atoms with E-state index in [1.165, 1.54) is 44.5 Å². The first-order valence-corrected chi connectivity index (χ1v) is 24.2. The van der Waals surface area contributed by atoms with Gasteiger partial charge >= 0.3 is 7.44 Å². The first-order valence-electron chi connectivity index (χ1n) is 22.5. The molecule has 0 saturated carbocycles. The van der Waals surface area contributed by atoms with Gasteiger partial charge in [0.2, 0.25) is 0 Å². The third-order valence-electron chi connectivity index (χ3n) is 14.2. The maximum atomic E-state index is 16.2. The number of fused-ring (bicyclic) bond motifs is 7. The van der Waals surface area contributed by atoms with Crippen molar-refractivity contribution >= 4 is 52.6 Å². The van der Waals surface area contributed by atoms with Crippen molar-refractivity contribution in [1.29, 1.82) is 0 Å². The fourth-order valence-electron chi connectivity index (χ4n) is 11.0. The van der Waals surface area contributed by atoms with E-state index in [0.29, 0.717) is 0 Å². The molecule has 9 aromatic carbocycles. The van der Waals surface area contributed by atoms with Crippen LogP contribution < -0.4 is 19.5 Å². The molecule has 65 heavy (non-hydrogen) atoms. The summed E-state index contributed by atoms with van der Waals surface area (Å²) in [5, 5.41) is 0.770. The molecule has 2 aliphatic carbocycles. The topological polar surface area (TPSA) is 26.8 Å². The van der Waals surface area contributed by atoms with Crippen LogP contribution in [0.2, 0.25) is 0 Å². The first kappa shape index (κ1) is 39.2. The zero-order valence-electron chi connectivity index (χ0n) is 37.0. The molecule has 3 aliphatic rings. The van der Waals surface area contributed by atoms with Crippen molar-refractivity contribution in [3.8, 4) is 33.4 Å². The minimum atomic E-state index is -3.48. The van der Waals surface area contributed by atoms with Gasteiger partial charge in [-0.05, 0) is 129 Å². The molecule has 0 fully saturated rings. The zero-order chi connectivity index (χ0) is 44.1. The van der Waals surface area contributed by atoms with Gasteiger partial charge in [-0.25, -0.2) is 0 Å². The third kappa shape index (κ3) is 5.80. The number of nitrogens with zero attached hydrogens (tertiary/aromatic N) is 3. The van der Waals surface area contributed by atoms with E-state index in [9.17, 15) is 0 Å². The Kier molecular flexibility index (Phi) is 8.79. The molecule has 0 aromatic heterocycles. The van der Waals surface area contributed by atoms with E-state index < -0.39 is 7.44 Å². The Labute approximate surface area is 382 Å². The molecule has 0 amide bonds. The highest BCUT2D eigenvalue weighted by Crippen LogP contribution is 2.70. The van der Waals surface area contributed by atoms with Crippen molar-refractivity contribution in [1.82, 2.24) is 0 Å². The molecule has 5 heteroatoms. The molecule has 314 valence electrons. The normalized spacial score (nSPS) is 16.9. The fraction of sp³-hybridized carbons (Fsp3) is 0.100. The summed E-state index contributed by atoms with van der Waals surface area (Å²) in [7, 11) is -3.48. The monoisotopic (exact) mass is 857 g/mol. The summed E-state index contributed by atoms with van der Waals surface area (Å²) in [5.41, 5.74) is 19.4. The maximum Gasteiger partial charge on any atom is 0.301 e. The summed E-state index contributed by atoms with van der Waals surface area (Å²) in [6, 6.07) is 77.5. The average Bonchev–Trinajstić information content (AvgIpc) is 3.86. The highest BCUT2D eigenvalue weighted by Gasteiger charge is 2.49. The van der Waals surface area contributed by atoms with E-state index in [-0.39, 0.29) is 10.8 Å². The van der Waals surface area contributed by atoms with Gasteiger partial charge in [0.05, 0.1) is 22.4 Å². The summed E-state index contributed by atoms with van der Waals surface area (Å²) in [4.78, 5) is 2.47. The molecule has 0 bridgehead atoms. The number of rotatable bonds is 7. The standard InChI is InChI=1S/C60H48N3OP/c1-59(2)52-28-17-15-26-50(52)58-53(59)29-18-30-56(58)61(46-36-37-49-48-25-14-16-27-51(48)60(3,4)54(49)40-46)43-34-31-41(32-35-43)42-33-38-55-57(39-42)63(45-21-10-6-11-22-45)65(64,47-23-12-7-13-24-47)62(55)44-19-8-5-9-20-44/h5-40H,1-4H3. The van der Waals surface area contributed by atoms with Crippen molar-refractivity contribution in [3.63, 3.8) is 0 Å². The fourth-order valence-corrected chi connectivity index (χ4v) is 14.0. The lowest BCUT2D eigenvalue weighted by Crippen LogP contribution is -2.26. The second-order valence-electron chi connectivity index (χ2n) is 18.5. The van der Waals surface area contributed by atoms with Gasteiger partial charge in [0.1, 0.15) is 0 Å². The van der Waals surface area contributed by atoms with Gasteiger partial charge < -0.3 is 4.90 Å². The van der Waals surface area contributed by atoms with E-state index in [1.54, 1.807) is 0 Å². The molecule has 12 rings (SSSR count). The maximum absolute atomic E-state index is 16.2. The van der Waals surface area contributed by atoms with Gasteiger partial charge in [-0.2, -0.15) is 0 Å². The number of hydrogen-bond acceptors (Lipinski definition) is 2. The lowest BCUT2D eigenvalue weighted by atomic mass is 9.82. The minimum absolute atomic E-state index is 0.138. The van der Waals surface area contributed by atoms with Crippen LogP contribution in [0.5, 0.6) is 0 Å². The van der Waals surface area contributed by atoms with Crippen LogP contribution in [0, 0.1) is 0 Å².